The Labute approximate surface area is 92.2 Å². The van der Waals surface area contributed by atoms with Gasteiger partial charge in [0, 0.05) is 17.9 Å². The van der Waals surface area contributed by atoms with Crippen molar-refractivity contribution in [2.75, 3.05) is 0 Å². The van der Waals surface area contributed by atoms with Gasteiger partial charge in [0.25, 0.3) is 5.91 Å². The number of nitrogens with one attached hydrogen (secondary N) is 1. The summed E-state index contributed by atoms with van der Waals surface area (Å²) in [4.78, 5) is 15.4. The van der Waals surface area contributed by atoms with Crippen molar-refractivity contribution >= 4 is 30.1 Å². The zero-order valence-corrected chi connectivity index (χ0v) is 8.60. The third-order valence-corrected chi connectivity index (χ3v) is 2.25. The van der Waals surface area contributed by atoms with Crippen LogP contribution in [0.4, 0.5) is 5.69 Å². The minimum atomic E-state index is -1.04. The molecule has 1 amide bonds. The molecular formula is C9H10BN3O3. The standard InChI is InChI=1S/C9H10BN3O3/c1-5-12-8-4-6(9(14)13-11)2-3-7(8)10(15)16-5/h2-4,15H,11H2,1H3,(H,13,14). The second-order valence-corrected chi connectivity index (χ2v) is 3.35. The van der Waals surface area contributed by atoms with Crippen molar-refractivity contribution in [3.63, 3.8) is 0 Å². The quantitative estimate of drug-likeness (QED) is 0.245. The molecule has 1 heterocycles. The molecule has 0 aromatic heterocycles. The summed E-state index contributed by atoms with van der Waals surface area (Å²) in [5.74, 6) is 4.97. The zero-order chi connectivity index (χ0) is 11.7. The van der Waals surface area contributed by atoms with E-state index in [1.54, 1.807) is 25.1 Å². The molecule has 0 aliphatic carbocycles. The number of hydrogen-bond acceptors (Lipinski definition) is 5. The number of hydrazine groups is 1. The van der Waals surface area contributed by atoms with Crippen molar-refractivity contribution in [1.82, 2.24) is 5.43 Å². The number of amides is 1. The highest BCUT2D eigenvalue weighted by Gasteiger charge is 2.27. The van der Waals surface area contributed by atoms with E-state index in [0.717, 1.165) is 0 Å². The fourth-order valence-corrected chi connectivity index (χ4v) is 1.49. The second-order valence-electron chi connectivity index (χ2n) is 3.35. The van der Waals surface area contributed by atoms with E-state index in [0.29, 0.717) is 22.6 Å². The van der Waals surface area contributed by atoms with E-state index in [-0.39, 0.29) is 0 Å². The van der Waals surface area contributed by atoms with Crippen LogP contribution in [0, 0.1) is 0 Å². The minimum Gasteiger partial charge on any atom is -0.522 e. The number of nitrogens with two attached hydrogens (primary N) is 1. The van der Waals surface area contributed by atoms with Crippen molar-refractivity contribution in [3.8, 4) is 0 Å². The normalized spacial score (nSPS) is 13.7. The molecule has 1 aliphatic heterocycles. The van der Waals surface area contributed by atoms with Crippen LogP contribution in [0.15, 0.2) is 23.2 Å². The molecule has 4 N–H and O–H groups in total. The molecule has 0 unspecified atom stereocenters. The van der Waals surface area contributed by atoms with Crippen molar-refractivity contribution in [2.45, 2.75) is 6.92 Å². The number of fused-ring (bicyclic) bond motifs is 1. The third kappa shape index (κ3) is 1.78. The van der Waals surface area contributed by atoms with E-state index < -0.39 is 13.0 Å². The number of carbonyl (C=O) groups excluding carboxylic acids is 1. The topological polar surface area (TPSA) is 96.9 Å². The monoisotopic (exact) mass is 219 g/mol. The number of rotatable bonds is 1. The van der Waals surface area contributed by atoms with Crippen molar-refractivity contribution in [2.24, 2.45) is 10.8 Å². The van der Waals surface area contributed by atoms with Gasteiger partial charge in [0.2, 0.25) is 0 Å². The first-order chi connectivity index (χ1) is 7.61. The van der Waals surface area contributed by atoms with Gasteiger partial charge in [0.1, 0.15) is 0 Å². The molecule has 0 atom stereocenters. The predicted octanol–water partition coefficient (Wildman–Crippen LogP) is -0.942. The summed E-state index contributed by atoms with van der Waals surface area (Å²) in [6, 6.07) is 4.68. The lowest BCUT2D eigenvalue weighted by molar-refractivity contribution is 0.0953. The molecule has 16 heavy (non-hydrogen) atoms. The maximum Gasteiger partial charge on any atom is 0.563 e. The van der Waals surface area contributed by atoms with Crippen LogP contribution in [-0.4, -0.2) is 23.9 Å². The van der Waals surface area contributed by atoms with Crippen molar-refractivity contribution in [3.05, 3.63) is 23.8 Å². The van der Waals surface area contributed by atoms with Gasteiger partial charge in [0.05, 0.1) is 5.69 Å². The van der Waals surface area contributed by atoms with E-state index in [1.165, 1.54) is 0 Å². The fraction of sp³-hybridized carbons (Fsp3) is 0.111. The zero-order valence-electron chi connectivity index (χ0n) is 8.60. The smallest absolute Gasteiger partial charge is 0.522 e. The average molecular weight is 219 g/mol. The maximum absolute atomic E-state index is 11.3. The highest BCUT2D eigenvalue weighted by Crippen LogP contribution is 2.17. The Balaban J connectivity index is 2.47. The number of hydrogen-bond donors (Lipinski definition) is 3. The summed E-state index contributed by atoms with van der Waals surface area (Å²) in [7, 11) is -1.04. The number of benzene rings is 1. The minimum absolute atomic E-state index is 0.352. The first-order valence-corrected chi connectivity index (χ1v) is 4.66. The molecule has 7 heteroatoms. The van der Waals surface area contributed by atoms with Crippen LogP contribution in [0.2, 0.25) is 0 Å². The number of nitrogen functional groups attached to an aromatic ring is 1. The summed E-state index contributed by atoms with van der Waals surface area (Å²) in [6.45, 7) is 1.63. The molecule has 0 fully saturated rings. The molecule has 0 radical (unpaired) electrons. The third-order valence-electron chi connectivity index (χ3n) is 2.25. The van der Waals surface area contributed by atoms with Gasteiger partial charge in [-0.15, -0.1) is 0 Å². The molecular weight excluding hydrogens is 209 g/mol. The molecule has 0 spiro atoms. The molecule has 0 saturated carbocycles. The molecule has 1 aliphatic rings. The van der Waals surface area contributed by atoms with E-state index in [1.807, 2.05) is 5.43 Å². The van der Waals surface area contributed by atoms with Crippen LogP contribution < -0.4 is 16.7 Å². The van der Waals surface area contributed by atoms with Gasteiger partial charge in [-0.3, -0.25) is 10.2 Å². The summed E-state index contributed by atoms with van der Waals surface area (Å²) in [5, 5.41) is 9.59. The highest BCUT2D eigenvalue weighted by atomic mass is 16.5. The second kappa shape index (κ2) is 3.95. The Hall–Kier alpha value is -1.86. The van der Waals surface area contributed by atoms with Gasteiger partial charge in [-0.1, -0.05) is 6.07 Å². The summed E-state index contributed by atoms with van der Waals surface area (Å²) < 4.78 is 5.02. The largest absolute Gasteiger partial charge is 0.563 e. The molecule has 0 saturated heterocycles. The molecule has 2 rings (SSSR count). The van der Waals surface area contributed by atoms with Gasteiger partial charge in [0.15, 0.2) is 5.90 Å². The van der Waals surface area contributed by atoms with Crippen molar-refractivity contribution in [1.29, 1.82) is 0 Å². The lowest BCUT2D eigenvalue weighted by Crippen LogP contribution is -2.39. The van der Waals surface area contributed by atoms with Crippen LogP contribution in [0.25, 0.3) is 0 Å². The first kappa shape index (κ1) is 10.7. The SMILES string of the molecule is CC1=Nc2cc(C(=O)NN)ccc2B(O)O1. The first-order valence-electron chi connectivity index (χ1n) is 4.66. The van der Waals surface area contributed by atoms with Crippen LogP contribution in [0.5, 0.6) is 0 Å². The average Bonchev–Trinajstić information content (AvgIpc) is 2.27. The van der Waals surface area contributed by atoms with Gasteiger partial charge in [-0.05, 0) is 12.1 Å². The van der Waals surface area contributed by atoms with E-state index >= 15 is 0 Å². The Morgan fingerprint density at radius 2 is 2.38 bits per heavy atom. The lowest BCUT2D eigenvalue weighted by atomic mass is 9.77. The predicted molar refractivity (Wildman–Crippen MR) is 59.6 cm³/mol. The van der Waals surface area contributed by atoms with Gasteiger partial charge < -0.3 is 9.68 Å². The lowest BCUT2D eigenvalue weighted by Gasteiger charge is -2.17. The van der Waals surface area contributed by atoms with Gasteiger partial charge in [-0.2, -0.15) is 0 Å². The Morgan fingerprint density at radius 1 is 1.62 bits per heavy atom. The highest BCUT2D eigenvalue weighted by molar-refractivity contribution is 6.64. The molecule has 82 valence electrons. The van der Waals surface area contributed by atoms with E-state index in [2.05, 4.69) is 4.99 Å². The molecule has 6 nitrogen and oxygen atoms in total. The maximum atomic E-state index is 11.3. The van der Waals surface area contributed by atoms with E-state index in [4.69, 9.17) is 10.5 Å². The van der Waals surface area contributed by atoms with Crippen LogP contribution >= 0.6 is 0 Å². The summed E-state index contributed by atoms with van der Waals surface area (Å²) in [6.07, 6.45) is 0. The Morgan fingerprint density at radius 3 is 3.06 bits per heavy atom. The Bertz CT molecular complexity index is 475. The number of carbonyl (C=O) groups is 1. The van der Waals surface area contributed by atoms with Crippen LogP contribution in [0.3, 0.4) is 0 Å². The van der Waals surface area contributed by atoms with Gasteiger partial charge in [-0.25, -0.2) is 10.8 Å². The van der Waals surface area contributed by atoms with Crippen LogP contribution in [-0.2, 0) is 4.65 Å². The Kier molecular flexibility index (Phi) is 2.63. The number of nitrogens with zero attached hydrogens (tertiary/aromatic N) is 1. The van der Waals surface area contributed by atoms with Gasteiger partial charge >= 0.3 is 7.12 Å². The van der Waals surface area contributed by atoms with Crippen LogP contribution in [0.1, 0.15) is 17.3 Å². The molecule has 1 aromatic carbocycles. The summed E-state index contributed by atoms with van der Waals surface area (Å²) >= 11 is 0. The molecule has 0 bridgehead atoms. The number of aliphatic imine (C=N–C) groups is 1. The fourth-order valence-electron chi connectivity index (χ4n) is 1.49. The molecule has 1 aromatic rings. The van der Waals surface area contributed by atoms with Crippen molar-refractivity contribution < 1.29 is 14.5 Å². The van der Waals surface area contributed by atoms with E-state index in [9.17, 15) is 9.82 Å². The summed E-state index contributed by atoms with van der Waals surface area (Å²) in [5.41, 5.74) is 3.45.